The van der Waals surface area contributed by atoms with E-state index < -0.39 is 17.7 Å². The Labute approximate surface area is 118 Å². The van der Waals surface area contributed by atoms with Crippen molar-refractivity contribution in [1.82, 2.24) is 4.90 Å². The van der Waals surface area contributed by atoms with Gasteiger partial charge in [0.25, 0.3) is 0 Å². The molecular weight excluding hydrogens is 260 g/mol. The maximum Gasteiger partial charge on any atom is 0.164 e. The number of hydrogen-bond acceptors (Lipinski definition) is 2. The van der Waals surface area contributed by atoms with Gasteiger partial charge >= 0.3 is 0 Å². The molecule has 3 unspecified atom stereocenters. The first kappa shape index (κ1) is 14.0. The van der Waals surface area contributed by atoms with Gasteiger partial charge in [0.15, 0.2) is 11.6 Å². The van der Waals surface area contributed by atoms with E-state index in [1.807, 2.05) is 0 Å². The summed E-state index contributed by atoms with van der Waals surface area (Å²) in [6.45, 7) is 1.53. The molecule has 1 N–H and O–H groups in total. The second kappa shape index (κ2) is 5.08. The SMILES string of the molecule is Cc1ccc(C(O)C2CC3CCC(C2)N3C)c(F)c1F. The number of benzene rings is 1. The van der Waals surface area contributed by atoms with Gasteiger partial charge in [-0.2, -0.15) is 0 Å². The van der Waals surface area contributed by atoms with Crippen molar-refractivity contribution in [2.75, 3.05) is 7.05 Å². The van der Waals surface area contributed by atoms with Gasteiger partial charge in [-0.25, -0.2) is 8.78 Å². The van der Waals surface area contributed by atoms with Gasteiger partial charge in [-0.05, 0) is 51.1 Å². The number of fused-ring (bicyclic) bond motifs is 2. The second-order valence-corrected chi connectivity index (χ2v) is 6.33. The molecule has 2 aliphatic heterocycles. The van der Waals surface area contributed by atoms with Crippen molar-refractivity contribution in [3.63, 3.8) is 0 Å². The molecule has 3 atom stereocenters. The van der Waals surface area contributed by atoms with Gasteiger partial charge < -0.3 is 10.0 Å². The van der Waals surface area contributed by atoms with Crippen LogP contribution >= 0.6 is 0 Å². The molecule has 0 aliphatic carbocycles. The zero-order valence-electron chi connectivity index (χ0n) is 11.9. The second-order valence-electron chi connectivity index (χ2n) is 6.33. The number of piperidine rings is 1. The molecule has 4 heteroatoms. The largest absolute Gasteiger partial charge is 0.388 e. The lowest BCUT2D eigenvalue weighted by molar-refractivity contribution is 0.0333. The normalized spacial score (nSPS) is 31.6. The van der Waals surface area contributed by atoms with Gasteiger partial charge in [-0.15, -0.1) is 0 Å². The molecule has 2 nitrogen and oxygen atoms in total. The van der Waals surface area contributed by atoms with Crippen molar-refractivity contribution >= 4 is 0 Å². The Morgan fingerprint density at radius 1 is 1.15 bits per heavy atom. The third-order valence-electron chi connectivity index (χ3n) is 5.21. The Hall–Kier alpha value is -1.00. The molecule has 1 aromatic carbocycles. The standard InChI is InChI=1S/C16H21F2NO/c1-9-3-6-13(15(18)14(9)17)16(20)10-7-11-4-5-12(8-10)19(11)2/h3,6,10-12,16,20H,4-5,7-8H2,1-2H3. The Bertz CT molecular complexity index is 505. The summed E-state index contributed by atoms with van der Waals surface area (Å²) in [4.78, 5) is 2.37. The molecule has 110 valence electrons. The Morgan fingerprint density at radius 3 is 2.35 bits per heavy atom. The topological polar surface area (TPSA) is 23.5 Å². The van der Waals surface area contributed by atoms with E-state index in [1.54, 1.807) is 6.07 Å². The number of halogens is 2. The highest BCUT2D eigenvalue weighted by Crippen LogP contribution is 2.43. The molecule has 0 spiro atoms. The minimum absolute atomic E-state index is 0.0281. The van der Waals surface area contributed by atoms with Crippen LogP contribution in [0.4, 0.5) is 8.78 Å². The predicted molar refractivity (Wildman–Crippen MR) is 73.4 cm³/mol. The third kappa shape index (κ3) is 2.15. The zero-order chi connectivity index (χ0) is 14.4. The van der Waals surface area contributed by atoms with E-state index in [1.165, 1.54) is 13.0 Å². The average Bonchev–Trinajstić information content (AvgIpc) is 2.66. The monoisotopic (exact) mass is 281 g/mol. The molecule has 2 fully saturated rings. The summed E-state index contributed by atoms with van der Waals surface area (Å²) in [5, 5.41) is 10.5. The van der Waals surface area contributed by atoms with Crippen LogP contribution in [0.5, 0.6) is 0 Å². The van der Waals surface area contributed by atoms with E-state index in [-0.39, 0.29) is 17.0 Å². The van der Waals surface area contributed by atoms with Gasteiger partial charge in [-0.1, -0.05) is 12.1 Å². The number of aliphatic hydroxyl groups excluding tert-OH is 1. The lowest BCUT2D eigenvalue weighted by atomic mass is 9.83. The summed E-state index contributed by atoms with van der Waals surface area (Å²) in [7, 11) is 2.12. The smallest absolute Gasteiger partial charge is 0.164 e. The van der Waals surface area contributed by atoms with Crippen LogP contribution in [0.2, 0.25) is 0 Å². The van der Waals surface area contributed by atoms with Crippen LogP contribution in [0.1, 0.15) is 42.9 Å². The first-order valence-electron chi connectivity index (χ1n) is 7.33. The van der Waals surface area contributed by atoms with E-state index >= 15 is 0 Å². The third-order valence-corrected chi connectivity index (χ3v) is 5.21. The van der Waals surface area contributed by atoms with Crippen LogP contribution in [-0.2, 0) is 0 Å². The van der Waals surface area contributed by atoms with Crippen molar-refractivity contribution in [3.8, 4) is 0 Å². The van der Waals surface area contributed by atoms with Gasteiger partial charge in [0.05, 0.1) is 6.10 Å². The van der Waals surface area contributed by atoms with Crippen LogP contribution < -0.4 is 0 Å². The Morgan fingerprint density at radius 2 is 1.75 bits per heavy atom. The van der Waals surface area contributed by atoms with E-state index in [9.17, 15) is 13.9 Å². The summed E-state index contributed by atoms with van der Waals surface area (Å²) in [6, 6.07) is 4.03. The Balaban J connectivity index is 1.83. The van der Waals surface area contributed by atoms with E-state index in [2.05, 4.69) is 11.9 Å². The maximum atomic E-state index is 14.0. The molecular formula is C16H21F2NO. The minimum atomic E-state index is -0.901. The minimum Gasteiger partial charge on any atom is -0.388 e. The van der Waals surface area contributed by atoms with Crippen LogP contribution in [0.3, 0.4) is 0 Å². The zero-order valence-corrected chi connectivity index (χ0v) is 11.9. The molecule has 2 bridgehead atoms. The summed E-state index contributed by atoms with van der Waals surface area (Å²) < 4.78 is 27.7. The highest BCUT2D eigenvalue weighted by Gasteiger charge is 2.41. The van der Waals surface area contributed by atoms with Crippen LogP contribution in [0.25, 0.3) is 0 Å². The lowest BCUT2D eigenvalue weighted by Crippen LogP contribution is -2.41. The fourth-order valence-electron chi connectivity index (χ4n) is 3.85. The number of hydrogen-bond donors (Lipinski definition) is 1. The first-order valence-corrected chi connectivity index (χ1v) is 7.33. The van der Waals surface area contributed by atoms with Crippen LogP contribution in [0.15, 0.2) is 12.1 Å². The van der Waals surface area contributed by atoms with Crippen molar-refractivity contribution < 1.29 is 13.9 Å². The van der Waals surface area contributed by atoms with Crippen molar-refractivity contribution in [2.45, 2.75) is 50.8 Å². The number of aryl methyl sites for hydroxylation is 1. The van der Waals surface area contributed by atoms with E-state index in [4.69, 9.17) is 0 Å². The molecule has 0 amide bonds. The van der Waals surface area contributed by atoms with Crippen molar-refractivity contribution in [2.24, 2.45) is 5.92 Å². The summed E-state index contributed by atoms with van der Waals surface area (Å²) in [6.07, 6.45) is 3.12. The summed E-state index contributed by atoms with van der Waals surface area (Å²) in [5.74, 6) is -1.69. The fraction of sp³-hybridized carbons (Fsp3) is 0.625. The lowest BCUT2D eigenvalue weighted by Gasteiger charge is -2.38. The molecule has 2 heterocycles. The summed E-state index contributed by atoms with van der Waals surface area (Å²) in [5.41, 5.74) is 0.393. The van der Waals surface area contributed by atoms with Gasteiger partial charge in [0.2, 0.25) is 0 Å². The Kier molecular flexibility index (Phi) is 3.55. The first-order chi connectivity index (χ1) is 9.49. The molecule has 20 heavy (non-hydrogen) atoms. The van der Waals surface area contributed by atoms with Gasteiger partial charge in [0, 0.05) is 17.6 Å². The number of aliphatic hydroxyl groups is 1. The van der Waals surface area contributed by atoms with Crippen molar-refractivity contribution in [3.05, 3.63) is 34.9 Å². The van der Waals surface area contributed by atoms with Crippen LogP contribution in [-0.4, -0.2) is 29.1 Å². The molecule has 0 radical (unpaired) electrons. The van der Waals surface area contributed by atoms with Crippen LogP contribution in [0, 0.1) is 24.5 Å². The molecule has 0 aromatic heterocycles. The summed E-state index contributed by atoms with van der Waals surface area (Å²) >= 11 is 0. The molecule has 2 aliphatic rings. The van der Waals surface area contributed by atoms with Gasteiger partial charge in [-0.3, -0.25) is 0 Å². The number of nitrogens with zero attached hydrogens (tertiary/aromatic N) is 1. The highest BCUT2D eigenvalue weighted by molar-refractivity contribution is 5.27. The maximum absolute atomic E-state index is 14.0. The molecule has 3 rings (SSSR count). The van der Waals surface area contributed by atoms with E-state index in [0.717, 1.165) is 25.7 Å². The average molecular weight is 281 g/mol. The fourth-order valence-corrected chi connectivity index (χ4v) is 3.85. The van der Waals surface area contributed by atoms with Crippen molar-refractivity contribution in [1.29, 1.82) is 0 Å². The molecule has 1 aromatic rings. The molecule has 2 saturated heterocycles. The quantitative estimate of drug-likeness (QED) is 0.900. The molecule has 0 saturated carbocycles. The van der Waals surface area contributed by atoms with E-state index in [0.29, 0.717) is 12.1 Å². The van der Waals surface area contributed by atoms with Gasteiger partial charge in [0.1, 0.15) is 0 Å². The highest BCUT2D eigenvalue weighted by atomic mass is 19.2. The number of rotatable bonds is 2. The predicted octanol–water partition coefficient (Wildman–Crippen LogP) is 3.18.